The van der Waals surface area contributed by atoms with Gasteiger partial charge >= 0.3 is 0 Å². The van der Waals surface area contributed by atoms with Gasteiger partial charge in [0.25, 0.3) is 5.69 Å². The van der Waals surface area contributed by atoms with Crippen molar-refractivity contribution in [2.75, 3.05) is 4.90 Å². The van der Waals surface area contributed by atoms with Crippen molar-refractivity contribution in [3.8, 4) is 0 Å². The molecule has 2 aromatic heterocycles. The summed E-state index contributed by atoms with van der Waals surface area (Å²) in [5, 5.41) is 15.1. The quantitative estimate of drug-likeness (QED) is 0.161. The smallest absolute Gasteiger partial charge is 0.269 e. The first-order chi connectivity index (χ1) is 17.9. The van der Waals surface area contributed by atoms with E-state index in [1.54, 1.807) is 23.9 Å². The summed E-state index contributed by atoms with van der Waals surface area (Å²) in [7, 11) is 0. The number of anilines is 1. The van der Waals surface area contributed by atoms with Crippen molar-refractivity contribution in [3.05, 3.63) is 112 Å². The summed E-state index contributed by atoms with van der Waals surface area (Å²) in [4.78, 5) is 19.4. The molecule has 7 nitrogen and oxygen atoms in total. The molecule has 0 aliphatic carbocycles. The first kappa shape index (κ1) is 25.0. The Morgan fingerprint density at radius 1 is 1.05 bits per heavy atom. The molecular weight excluding hydrogens is 502 g/mol. The molecular formula is C28H27N5O2S2. The van der Waals surface area contributed by atoms with Gasteiger partial charge in [0.2, 0.25) is 0 Å². The Labute approximate surface area is 225 Å². The first-order valence-electron chi connectivity index (χ1n) is 12.1. The van der Waals surface area contributed by atoms with Gasteiger partial charge in [0.15, 0.2) is 5.11 Å². The predicted octanol–water partition coefficient (Wildman–Crippen LogP) is 6.76. The molecule has 37 heavy (non-hydrogen) atoms. The molecule has 188 valence electrons. The lowest BCUT2D eigenvalue weighted by atomic mass is 9.96. The van der Waals surface area contributed by atoms with Crippen LogP contribution in [-0.4, -0.2) is 19.6 Å². The number of nitrogens with one attached hydrogen (secondary N) is 1. The number of pyridine rings is 1. The fraction of sp³-hybridized carbons (Fsp3) is 0.214. The average Bonchev–Trinajstić information content (AvgIpc) is 3.39. The predicted molar refractivity (Wildman–Crippen MR) is 151 cm³/mol. The first-order valence-corrected chi connectivity index (χ1v) is 13.3. The van der Waals surface area contributed by atoms with Gasteiger partial charge in [0.1, 0.15) is 0 Å². The van der Waals surface area contributed by atoms with Crippen molar-refractivity contribution in [1.82, 2.24) is 14.9 Å². The molecule has 1 saturated heterocycles. The van der Waals surface area contributed by atoms with Gasteiger partial charge in [0, 0.05) is 51.7 Å². The topological polar surface area (TPSA) is 76.2 Å². The minimum atomic E-state index is -0.386. The number of rotatable bonds is 7. The van der Waals surface area contributed by atoms with E-state index in [4.69, 9.17) is 12.2 Å². The van der Waals surface area contributed by atoms with Crippen LogP contribution >= 0.6 is 24.0 Å². The average molecular weight is 530 g/mol. The lowest BCUT2D eigenvalue weighted by Gasteiger charge is -2.28. The SMILES string of the molecule is CCn1c(C)cc([C@@H]2[C@@H](c3ccccn3)NC(=S)N2c2ccc(Sc3ccc([N+](=O)[O-])cc3)cc2)c1C. The second kappa shape index (κ2) is 10.4. The van der Waals surface area contributed by atoms with Crippen LogP contribution < -0.4 is 10.2 Å². The fourth-order valence-corrected chi connectivity index (χ4v) is 6.17. The summed E-state index contributed by atoms with van der Waals surface area (Å²) in [5.41, 5.74) is 5.71. The molecule has 5 rings (SSSR count). The van der Waals surface area contributed by atoms with Crippen LogP contribution in [-0.2, 0) is 6.54 Å². The number of hydrogen-bond donors (Lipinski definition) is 1. The second-order valence-corrected chi connectivity index (χ2v) is 10.4. The van der Waals surface area contributed by atoms with Crippen LogP contribution in [0.25, 0.3) is 0 Å². The van der Waals surface area contributed by atoms with Crippen molar-refractivity contribution in [1.29, 1.82) is 0 Å². The number of aryl methyl sites for hydroxylation is 1. The fourth-order valence-electron chi connectivity index (χ4n) is 5.01. The largest absolute Gasteiger partial charge is 0.351 e. The van der Waals surface area contributed by atoms with Gasteiger partial charge in [-0.3, -0.25) is 15.1 Å². The summed E-state index contributed by atoms with van der Waals surface area (Å²) < 4.78 is 2.33. The molecule has 3 heterocycles. The highest BCUT2D eigenvalue weighted by molar-refractivity contribution is 7.99. The monoisotopic (exact) mass is 529 g/mol. The zero-order chi connectivity index (χ0) is 26.1. The van der Waals surface area contributed by atoms with Gasteiger partial charge < -0.3 is 14.8 Å². The highest BCUT2D eigenvalue weighted by Gasteiger charge is 2.42. The number of hydrogen-bond acceptors (Lipinski definition) is 5. The Morgan fingerprint density at radius 2 is 1.73 bits per heavy atom. The van der Waals surface area contributed by atoms with E-state index in [9.17, 15) is 10.1 Å². The number of aromatic nitrogens is 2. The van der Waals surface area contributed by atoms with Crippen molar-refractivity contribution >= 4 is 40.5 Å². The molecule has 0 unspecified atom stereocenters. The van der Waals surface area contributed by atoms with E-state index in [2.05, 4.69) is 70.9 Å². The summed E-state index contributed by atoms with van der Waals surface area (Å²) in [6.45, 7) is 7.39. The Balaban J connectivity index is 1.48. The van der Waals surface area contributed by atoms with E-state index in [1.165, 1.54) is 29.1 Å². The summed E-state index contributed by atoms with van der Waals surface area (Å²) in [6.07, 6.45) is 1.82. The second-order valence-electron chi connectivity index (χ2n) is 8.91. The van der Waals surface area contributed by atoms with Gasteiger partial charge in [-0.1, -0.05) is 17.8 Å². The molecule has 9 heteroatoms. The number of benzene rings is 2. The van der Waals surface area contributed by atoms with Crippen LogP contribution in [0.15, 0.2) is 88.8 Å². The Bertz CT molecular complexity index is 1440. The number of nitro groups is 1. The lowest BCUT2D eigenvalue weighted by Crippen LogP contribution is -2.29. The molecule has 4 aromatic rings. The Morgan fingerprint density at radius 3 is 2.30 bits per heavy atom. The maximum Gasteiger partial charge on any atom is 0.269 e. The minimum absolute atomic E-state index is 0.0536. The van der Waals surface area contributed by atoms with E-state index in [0.29, 0.717) is 5.11 Å². The van der Waals surface area contributed by atoms with E-state index >= 15 is 0 Å². The van der Waals surface area contributed by atoms with E-state index in [0.717, 1.165) is 27.7 Å². The molecule has 1 aliphatic heterocycles. The maximum atomic E-state index is 10.9. The van der Waals surface area contributed by atoms with Crippen molar-refractivity contribution in [3.63, 3.8) is 0 Å². The molecule has 0 bridgehead atoms. The molecule has 1 fully saturated rings. The zero-order valence-electron chi connectivity index (χ0n) is 20.8. The normalized spacial score (nSPS) is 17.2. The highest BCUT2D eigenvalue weighted by Crippen LogP contribution is 2.43. The Hall–Kier alpha value is -3.69. The molecule has 2 atom stereocenters. The van der Waals surface area contributed by atoms with Gasteiger partial charge in [-0.15, -0.1) is 0 Å². The zero-order valence-corrected chi connectivity index (χ0v) is 22.4. The van der Waals surface area contributed by atoms with Gasteiger partial charge in [-0.25, -0.2) is 0 Å². The van der Waals surface area contributed by atoms with Crippen LogP contribution in [0, 0.1) is 24.0 Å². The molecule has 0 amide bonds. The number of nitro benzene ring substituents is 1. The number of non-ortho nitro benzene ring substituents is 1. The summed E-state index contributed by atoms with van der Waals surface area (Å²) in [6, 6.07) is 23.0. The number of thiocarbonyl (C=S) groups is 1. The van der Waals surface area contributed by atoms with Crippen LogP contribution in [0.3, 0.4) is 0 Å². The lowest BCUT2D eigenvalue weighted by molar-refractivity contribution is -0.384. The van der Waals surface area contributed by atoms with Crippen molar-refractivity contribution < 1.29 is 4.92 Å². The minimum Gasteiger partial charge on any atom is -0.351 e. The van der Waals surface area contributed by atoms with Crippen molar-refractivity contribution in [2.45, 2.75) is 49.2 Å². The molecule has 2 aromatic carbocycles. The van der Waals surface area contributed by atoms with Crippen LogP contribution in [0.2, 0.25) is 0 Å². The third-order valence-electron chi connectivity index (χ3n) is 6.74. The molecule has 0 spiro atoms. The van der Waals surface area contributed by atoms with Gasteiger partial charge in [-0.2, -0.15) is 0 Å². The van der Waals surface area contributed by atoms with E-state index in [-0.39, 0.29) is 22.7 Å². The van der Waals surface area contributed by atoms with Gasteiger partial charge in [-0.05, 0) is 93.1 Å². The van der Waals surface area contributed by atoms with Crippen molar-refractivity contribution in [2.24, 2.45) is 0 Å². The van der Waals surface area contributed by atoms with Crippen LogP contribution in [0.4, 0.5) is 11.4 Å². The number of nitrogens with zero attached hydrogens (tertiary/aromatic N) is 4. The molecule has 0 saturated carbocycles. The van der Waals surface area contributed by atoms with Gasteiger partial charge in [0.05, 0.1) is 22.7 Å². The summed E-state index contributed by atoms with van der Waals surface area (Å²) >= 11 is 7.44. The van der Waals surface area contributed by atoms with E-state index < -0.39 is 0 Å². The highest BCUT2D eigenvalue weighted by atomic mass is 32.2. The van der Waals surface area contributed by atoms with E-state index in [1.807, 2.05) is 24.4 Å². The maximum absolute atomic E-state index is 10.9. The molecule has 0 radical (unpaired) electrons. The third kappa shape index (κ3) is 4.84. The molecule has 1 aliphatic rings. The van der Waals surface area contributed by atoms with Crippen LogP contribution in [0.5, 0.6) is 0 Å². The standard InChI is InChI=1S/C28H27N5O2S2/c1-4-31-18(2)17-24(19(31)3)27-26(25-7-5-6-16-29-25)30-28(36)32(27)20-8-12-22(13-9-20)37-23-14-10-21(11-15-23)33(34)35/h5-17,26-27H,4H2,1-3H3,(H,30,36)/t26-,27-/m1/s1. The molecule has 1 N–H and O–H groups in total. The summed E-state index contributed by atoms with van der Waals surface area (Å²) in [5.74, 6) is 0. The Kier molecular flexibility index (Phi) is 6.99. The van der Waals surface area contributed by atoms with Crippen LogP contribution in [0.1, 0.15) is 41.7 Å². The third-order valence-corrected chi connectivity index (χ3v) is 8.07.